The van der Waals surface area contributed by atoms with Gasteiger partial charge in [-0.15, -0.1) is 0 Å². The van der Waals surface area contributed by atoms with Crippen molar-refractivity contribution in [1.82, 2.24) is 18.9 Å². The van der Waals surface area contributed by atoms with Gasteiger partial charge in [-0.05, 0) is 37.3 Å². The summed E-state index contributed by atoms with van der Waals surface area (Å²) in [5, 5.41) is 4.83. The lowest BCUT2D eigenvalue weighted by molar-refractivity contribution is 0.333. The van der Waals surface area contributed by atoms with E-state index in [2.05, 4.69) is 21.9 Å². The van der Waals surface area contributed by atoms with Crippen LogP contribution in [0.1, 0.15) is 25.3 Å². The number of halogens is 1. The molecule has 1 aliphatic heterocycles. The molecule has 6 nitrogen and oxygen atoms in total. The summed E-state index contributed by atoms with van der Waals surface area (Å²) >= 11 is 6.33. The maximum Gasteiger partial charge on any atom is 0.156 e. The molecule has 0 amide bonds. The average Bonchev–Trinajstić information content (AvgIpc) is 2.80. The molecule has 3 heterocycles. The van der Waals surface area contributed by atoms with E-state index in [-0.39, 0.29) is 11.9 Å². The van der Waals surface area contributed by atoms with Crippen LogP contribution in [0.2, 0.25) is 5.15 Å². The van der Waals surface area contributed by atoms with Crippen LogP contribution in [0.3, 0.4) is 0 Å². The maximum absolute atomic E-state index is 11.1. The Morgan fingerprint density at radius 3 is 2.91 bits per heavy atom. The molecule has 1 aliphatic rings. The van der Waals surface area contributed by atoms with Crippen LogP contribution in [0, 0.1) is 12.8 Å². The summed E-state index contributed by atoms with van der Waals surface area (Å²) in [7, 11) is 0. The SMILES string of the molecule is CCCN(CCC1CN(c2ncnn3c(Cl)cc(C)c23)C1)[SH]=O. The van der Waals surface area contributed by atoms with Crippen molar-refractivity contribution in [1.29, 1.82) is 0 Å². The van der Waals surface area contributed by atoms with Gasteiger partial charge >= 0.3 is 0 Å². The third-order valence-corrected chi connectivity index (χ3v) is 5.23. The second-order valence-corrected chi connectivity index (χ2v) is 7.21. The van der Waals surface area contributed by atoms with E-state index in [4.69, 9.17) is 11.6 Å². The number of aromatic nitrogens is 3. The summed E-state index contributed by atoms with van der Waals surface area (Å²) < 4.78 is 14.8. The largest absolute Gasteiger partial charge is 0.354 e. The highest BCUT2D eigenvalue weighted by Crippen LogP contribution is 2.31. The van der Waals surface area contributed by atoms with Gasteiger partial charge in [-0.1, -0.05) is 18.5 Å². The van der Waals surface area contributed by atoms with Crippen LogP contribution < -0.4 is 4.90 Å². The Morgan fingerprint density at radius 2 is 2.22 bits per heavy atom. The molecule has 2 aromatic heterocycles. The summed E-state index contributed by atoms with van der Waals surface area (Å²) in [4.78, 5) is 6.72. The van der Waals surface area contributed by atoms with Crippen LogP contribution >= 0.6 is 11.6 Å². The molecule has 23 heavy (non-hydrogen) atoms. The molecule has 126 valence electrons. The van der Waals surface area contributed by atoms with Gasteiger partial charge in [-0.2, -0.15) is 5.10 Å². The second kappa shape index (κ2) is 7.15. The fraction of sp³-hybridized carbons (Fsp3) is 0.600. The first-order chi connectivity index (χ1) is 11.1. The molecule has 0 unspecified atom stereocenters. The van der Waals surface area contributed by atoms with Crippen molar-refractivity contribution in [3.63, 3.8) is 0 Å². The van der Waals surface area contributed by atoms with Crippen LogP contribution in [0.15, 0.2) is 12.4 Å². The lowest BCUT2D eigenvalue weighted by Gasteiger charge is -2.40. The summed E-state index contributed by atoms with van der Waals surface area (Å²) in [5.41, 5.74) is 2.08. The number of nitrogens with zero attached hydrogens (tertiary/aromatic N) is 5. The van der Waals surface area contributed by atoms with E-state index in [1.165, 1.54) is 0 Å². The molecule has 0 spiro atoms. The van der Waals surface area contributed by atoms with Gasteiger partial charge in [-0.25, -0.2) is 18.0 Å². The molecular formula is C15H22ClN5OS. The van der Waals surface area contributed by atoms with Gasteiger partial charge in [0.1, 0.15) is 17.0 Å². The third-order valence-electron chi connectivity index (χ3n) is 4.33. The number of hydrogen-bond donors (Lipinski definition) is 1. The molecule has 0 aliphatic carbocycles. The van der Waals surface area contributed by atoms with E-state index < -0.39 is 0 Å². The van der Waals surface area contributed by atoms with Crippen LogP contribution in [-0.4, -0.2) is 49.3 Å². The molecule has 3 rings (SSSR count). The van der Waals surface area contributed by atoms with Crippen molar-refractivity contribution in [3.8, 4) is 0 Å². The minimum Gasteiger partial charge on any atom is -0.354 e. The number of hydrogen-bond acceptors (Lipinski definition) is 4. The van der Waals surface area contributed by atoms with E-state index in [1.807, 2.05) is 17.3 Å². The zero-order chi connectivity index (χ0) is 16.4. The molecule has 1 saturated heterocycles. The van der Waals surface area contributed by atoms with E-state index in [1.54, 1.807) is 10.8 Å². The van der Waals surface area contributed by atoms with Crippen LogP contribution in [-0.2, 0) is 11.9 Å². The van der Waals surface area contributed by atoms with E-state index >= 15 is 0 Å². The minimum absolute atomic E-state index is 0.136. The van der Waals surface area contributed by atoms with Crippen molar-refractivity contribution < 1.29 is 4.21 Å². The number of anilines is 1. The highest BCUT2D eigenvalue weighted by Gasteiger charge is 2.30. The lowest BCUT2D eigenvalue weighted by Crippen LogP contribution is -2.48. The van der Waals surface area contributed by atoms with Crippen molar-refractivity contribution >= 4 is 34.8 Å². The van der Waals surface area contributed by atoms with Gasteiger partial charge in [-0.3, -0.25) is 0 Å². The molecule has 0 aromatic carbocycles. The molecule has 0 radical (unpaired) electrons. The highest BCUT2D eigenvalue weighted by molar-refractivity contribution is 7.62. The molecule has 0 atom stereocenters. The quantitative estimate of drug-likeness (QED) is 0.773. The number of fused-ring (bicyclic) bond motifs is 1. The summed E-state index contributed by atoms with van der Waals surface area (Å²) in [6.07, 6.45) is 3.65. The van der Waals surface area contributed by atoms with Crippen LogP contribution in [0.25, 0.3) is 5.52 Å². The smallest absolute Gasteiger partial charge is 0.156 e. The van der Waals surface area contributed by atoms with E-state index in [0.717, 1.165) is 55.9 Å². The van der Waals surface area contributed by atoms with Gasteiger partial charge in [0.05, 0.1) is 11.9 Å². The van der Waals surface area contributed by atoms with Gasteiger partial charge in [0.2, 0.25) is 0 Å². The normalized spacial score (nSPS) is 15.6. The monoisotopic (exact) mass is 355 g/mol. The molecule has 8 heteroatoms. The predicted molar refractivity (Wildman–Crippen MR) is 94.5 cm³/mol. The van der Waals surface area contributed by atoms with Gasteiger partial charge in [0.25, 0.3) is 0 Å². The Bertz CT molecular complexity index is 700. The van der Waals surface area contributed by atoms with Gasteiger partial charge in [0, 0.05) is 26.2 Å². The standard InChI is InChI=1S/C15H22ClN5OS/c1-3-5-20(23-22)6-4-12-8-19(9-12)15-14-11(2)7-13(16)21(14)18-10-17-15/h7,10,12,23H,3-6,8-9H2,1-2H3. The maximum atomic E-state index is 11.1. The molecule has 2 aromatic rings. The highest BCUT2D eigenvalue weighted by atomic mass is 35.5. The summed E-state index contributed by atoms with van der Waals surface area (Å²) in [6, 6.07) is 1.92. The Morgan fingerprint density at radius 1 is 1.43 bits per heavy atom. The van der Waals surface area contributed by atoms with Crippen molar-refractivity contribution in [3.05, 3.63) is 23.1 Å². The summed E-state index contributed by atoms with van der Waals surface area (Å²) in [6.45, 7) is 7.85. The third kappa shape index (κ3) is 3.36. The Labute approximate surface area is 145 Å². The average molecular weight is 356 g/mol. The minimum atomic E-state index is 0.136. The first kappa shape index (κ1) is 16.7. The number of thiol groups is 1. The zero-order valence-corrected chi connectivity index (χ0v) is 15.1. The number of aryl methyl sites for hydroxylation is 1. The molecular weight excluding hydrogens is 334 g/mol. The van der Waals surface area contributed by atoms with Crippen LogP contribution in [0.5, 0.6) is 0 Å². The van der Waals surface area contributed by atoms with Crippen LogP contribution in [0.4, 0.5) is 5.82 Å². The topological polar surface area (TPSA) is 53.7 Å². The van der Waals surface area contributed by atoms with Crippen molar-refractivity contribution in [2.75, 3.05) is 31.1 Å². The van der Waals surface area contributed by atoms with Gasteiger partial charge < -0.3 is 4.90 Å². The zero-order valence-electron chi connectivity index (χ0n) is 13.4. The van der Waals surface area contributed by atoms with E-state index in [9.17, 15) is 4.21 Å². The molecule has 1 fully saturated rings. The summed E-state index contributed by atoms with van der Waals surface area (Å²) in [5.74, 6) is 1.57. The fourth-order valence-corrected chi connectivity index (χ4v) is 3.87. The first-order valence-corrected chi connectivity index (χ1v) is 9.10. The van der Waals surface area contributed by atoms with Gasteiger partial charge in [0.15, 0.2) is 5.82 Å². The Balaban J connectivity index is 1.63. The Kier molecular flexibility index (Phi) is 5.18. The van der Waals surface area contributed by atoms with Crippen molar-refractivity contribution in [2.24, 2.45) is 5.92 Å². The predicted octanol–water partition coefficient (Wildman–Crippen LogP) is 2.09. The number of rotatable bonds is 7. The molecule has 0 saturated carbocycles. The van der Waals surface area contributed by atoms with Crippen molar-refractivity contribution in [2.45, 2.75) is 26.7 Å². The second-order valence-electron chi connectivity index (χ2n) is 6.09. The first-order valence-electron chi connectivity index (χ1n) is 7.96. The lowest BCUT2D eigenvalue weighted by atomic mass is 9.96. The fourth-order valence-electron chi connectivity index (χ4n) is 3.10. The Hall–Kier alpha value is -1.18. The molecule has 0 bridgehead atoms. The molecule has 0 N–H and O–H groups in total. The van der Waals surface area contributed by atoms with E-state index in [0.29, 0.717) is 11.1 Å².